The first-order chi connectivity index (χ1) is 12.1. The number of piperidine rings is 1. The van der Waals surface area contributed by atoms with E-state index in [-0.39, 0.29) is 17.7 Å². The van der Waals surface area contributed by atoms with Crippen LogP contribution in [-0.2, 0) is 17.8 Å². The van der Waals surface area contributed by atoms with Gasteiger partial charge in [0.15, 0.2) is 0 Å². The molecule has 0 aliphatic carbocycles. The molecular formula is C19H30N4O2. The molecule has 0 bridgehead atoms. The van der Waals surface area contributed by atoms with Crippen molar-refractivity contribution in [3.05, 3.63) is 17.7 Å². The Kier molecular flexibility index (Phi) is 5.76. The van der Waals surface area contributed by atoms with E-state index in [9.17, 15) is 9.59 Å². The number of nitrogens with zero attached hydrogens (tertiary/aromatic N) is 3. The van der Waals surface area contributed by atoms with Crippen LogP contribution >= 0.6 is 0 Å². The molecule has 1 aromatic rings. The lowest BCUT2D eigenvalue weighted by Gasteiger charge is -2.32. The van der Waals surface area contributed by atoms with Gasteiger partial charge in [-0.1, -0.05) is 20.3 Å². The molecule has 3 heterocycles. The van der Waals surface area contributed by atoms with Gasteiger partial charge in [-0.3, -0.25) is 9.59 Å². The number of carbonyl (C=O) groups is 2. The summed E-state index contributed by atoms with van der Waals surface area (Å²) in [5.74, 6) is 0.682. The summed E-state index contributed by atoms with van der Waals surface area (Å²) in [4.78, 5) is 31.5. The number of nitrogens with one attached hydrogen (secondary N) is 1. The van der Waals surface area contributed by atoms with Gasteiger partial charge in [-0.25, -0.2) is 4.98 Å². The van der Waals surface area contributed by atoms with Crippen molar-refractivity contribution < 1.29 is 9.59 Å². The van der Waals surface area contributed by atoms with Crippen LogP contribution in [0.15, 0.2) is 6.33 Å². The third-order valence-corrected chi connectivity index (χ3v) is 5.63. The number of hydrogen-bond acceptors (Lipinski definition) is 3. The highest BCUT2D eigenvalue weighted by molar-refractivity contribution is 5.93. The molecule has 138 valence electrons. The fraction of sp³-hybridized carbons (Fsp3) is 0.737. The van der Waals surface area contributed by atoms with Gasteiger partial charge in [-0.15, -0.1) is 0 Å². The molecule has 2 amide bonds. The highest BCUT2D eigenvalue weighted by Crippen LogP contribution is 2.25. The Labute approximate surface area is 150 Å². The van der Waals surface area contributed by atoms with Gasteiger partial charge in [0.1, 0.15) is 5.69 Å². The molecule has 1 saturated heterocycles. The van der Waals surface area contributed by atoms with Gasteiger partial charge in [-0.05, 0) is 38.0 Å². The molecule has 25 heavy (non-hydrogen) atoms. The highest BCUT2D eigenvalue weighted by Gasteiger charge is 2.31. The first-order valence-electron chi connectivity index (χ1n) is 9.71. The van der Waals surface area contributed by atoms with E-state index in [0.29, 0.717) is 24.7 Å². The smallest absolute Gasteiger partial charge is 0.271 e. The summed E-state index contributed by atoms with van der Waals surface area (Å²) < 4.78 is 2.01. The quantitative estimate of drug-likeness (QED) is 0.889. The number of amides is 2. The van der Waals surface area contributed by atoms with E-state index >= 15 is 0 Å². The summed E-state index contributed by atoms with van der Waals surface area (Å²) >= 11 is 0. The standard InChI is InChI=1S/C19H30N4O2/c1-3-14(2)11-20-18(24)17-16-8-7-15(12-23(16)13-21-17)19(25)22-9-5-4-6-10-22/h13-15H,3-12H2,1-2H3,(H,20,24). The van der Waals surface area contributed by atoms with E-state index in [1.165, 1.54) is 6.42 Å². The molecule has 0 aromatic carbocycles. The fourth-order valence-corrected chi connectivity index (χ4v) is 3.73. The van der Waals surface area contributed by atoms with E-state index < -0.39 is 0 Å². The number of fused-ring (bicyclic) bond motifs is 1. The van der Waals surface area contributed by atoms with Gasteiger partial charge < -0.3 is 14.8 Å². The van der Waals surface area contributed by atoms with Crippen LogP contribution in [0.4, 0.5) is 0 Å². The van der Waals surface area contributed by atoms with Gasteiger partial charge in [0.25, 0.3) is 5.91 Å². The molecule has 2 aliphatic rings. The Morgan fingerprint density at radius 2 is 2.08 bits per heavy atom. The second-order valence-corrected chi connectivity index (χ2v) is 7.54. The molecule has 6 heteroatoms. The van der Waals surface area contributed by atoms with E-state index in [0.717, 1.165) is 50.9 Å². The molecule has 1 aromatic heterocycles. The lowest BCUT2D eigenvalue weighted by Crippen LogP contribution is -2.42. The maximum absolute atomic E-state index is 12.7. The molecule has 2 unspecified atom stereocenters. The number of likely N-dealkylation sites (tertiary alicyclic amines) is 1. The van der Waals surface area contributed by atoms with Crippen LogP contribution in [0, 0.1) is 11.8 Å². The topological polar surface area (TPSA) is 67.2 Å². The van der Waals surface area contributed by atoms with Crippen LogP contribution in [0.3, 0.4) is 0 Å². The maximum atomic E-state index is 12.7. The van der Waals surface area contributed by atoms with Crippen LogP contribution in [0.25, 0.3) is 0 Å². The largest absolute Gasteiger partial charge is 0.350 e. The Morgan fingerprint density at radius 3 is 2.80 bits per heavy atom. The molecule has 0 radical (unpaired) electrons. The van der Waals surface area contributed by atoms with Crippen molar-refractivity contribution in [2.75, 3.05) is 19.6 Å². The average molecular weight is 346 g/mol. The second kappa shape index (κ2) is 8.02. The van der Waals surface area contributed by atoms with Crippen molar-refractivity contribution in [3.8, 4) is 0 Å². The van der Waals surface area contributed by atoms with E-state index in [1.54, 1.807) is 6.33 Å². The average Bonchev–Trinajstić information content (AvgIpc) is 3.09. The molecule has 1 fully saturated rings. The minimum absolute atomic E-state index is 0.0239. The Hall–Kier alpha value is -1.85. The Bertz CT molecular complexity index is 619. The third-order valence-electron chi connectivity index (χ3n) is 5.63. The third kappa shape index (κ3) is 4.05. The van der Waals surface area contributed by atoms with Gasteiger partial charge in [-0.2, -0.15) is 0 Å². The van der Waals surface area contributed by atoms with Gasteiger partial charge in [0, 0.05) is 26.2 Å². The lowest BCUT2D eigenvalue weighted by atomic mass is 9.94. The van der Waals surface area contributed by atoms with Crippen LogP contribution in [-0.4, -0.2) is 45.9 Å². The summed E-state index contributed by atoms with van der Waals surface area (Å²) in [5.41, 5.74) is 1.51. The van der Waals surface area contributed by atoms with E-state index in [2.05, 4.69) is 24.1 Å². The number of aromatic nitrogens is 2. The Morgan fingerprint density at radius 1 is 1.32 bits per heavy atom. The first kappa shape index (κ1) is 18.0. The van der Waals surface area contributed by atoms with Crippen molar-refractivity contribution in [1.29, 1.82) is 0 Å². The zero-order valence-corrected chi connectivity index (χ0v) is 15.5. The summed E-state index contributed by atoms with van der Waals surface area (Å²) in [7, 11) is 0. The SMILES string of the molecule is CCC(C)CNC(=O)c1ncn2c1CCC(C(=O)N1CCCCC1)C2. The summed E-state index contributed by atoms with van der Waals surface area (Å²) in [5, 5.41) is 2.98. The summed E-state index contributed by atoms with van der Waals surface area (Å²) in [6, 6.07) is 0. The van der Waals surface area contributed by atoms with Crippen LogP contribution in [0.5, 0.6) is 0 Å². The minimum Gasteiger partial charge on any atom is -0.350 e. The van der Waals surface area contributed by atoms with Gasteiger partial charge >= 0.3 is 0 Å². The monoisotopic (exact) mass is 346 g/mol. The molecule has 0 spiro atoms. The van der Waals surface area contributed by atoms with Crippen LogP contribution in [0.1, 0.15) is 62.1 Å². The minimum atomic E-state index is -0.0881. The lowest BCUT2D eigenvalue weighted by molar-refractivity contribution is -0.137. The molecule has 3 rings (SSSR count). The molecular weight excluding hydrogens is 316 g/mol. The van der Waals surface area contributed by atoms with Crippen molar-refractivity contribution in [3.63, 3.8) is 0 Å². The highest BCUT2D eigenvalue weighted by atomic mass is 16.2. The number of carbonyl (C=O) groups excluding carboxylic acids is 2. The summed E-state index contributed by atoms with van der Waals surface area (Å²) in [6.07, 6.45) is 7.80. The molecule has 2 aliphatic heterocycles. The van der Waals surface area contributed by atoms with Crippen molar-refractivity contribution in [2.45, 2.75) is 58.9 Å². The van der Waals surface area contributed by atoms with Crippen molar-refractivity contribution in [2.24, 2.45) is 11.8 Å². The molecule has 0 saturated carbocycles. The van der Waals surface area contributed by atoms with E-state index in [1.807, 2.05) is 9.47 Å². The van der Waals surface area contributed by atoms with Crippen LogP contribution in [0.2, 0.25) is 0 Å². The predicted octanol–water partition coefficient (Wildman–Crippen LogP) is 2.23. The maximum Gasteiger partial charge on any atom is 0.271 e. The first-order valence-corrected chi connectivity index (χ1v) is 9.71. The number of rotatable bonds is 5. The normalized spacial score (nSPS) is 21.5. The molecule has 6 nitrogen and oxygen atoms in total. The fourth-order valence-electron chi connectivity index (χ4n) is 3.73. The number of hydrogen-bond donors (Lipinski definition) is 1. The molecule has 1 N–H and O–H groups in total. The second-order valence-electron chi connectivity index (χ2n) is 7.54. The van der Waals surface area contributed by atoms with E-state index in [4.69, 9.17) is 0 Å². The van der Waals surface area contributed by atoms with Crippen molar-refractivity contribution in [1.82, 2.24) is 19.8 Å². The Balaban J connectivity index is 1.62. The zero-order valence-electron chi connectivity index (χ0n) is 15.5. The van der Waals surface area contributed by atoms with Crippen molar-refractivity contribution >= 4 is 11.8 Å². The number of imidazole rings is 1. The van der Waals surface area contributed by atoms with Gasteiger partial charge in [0.05, 0.1) is 17.9 Å². The predicted molar refractivity (Wildman–Crippen MR) is 96.3 cm³/mol. The van der Waals surface area contributed by atoms with Crippen LogP contribution < -0.4 is 5.32 Å². The zero-order chi connectivity index (χ0) is 17.8. The summed E-state index contributed by atoms with van der Waals surface area (Å²) in [6.45, 7) is 7.37. The molecule has 2 atom stereocenters. The van der Waals surface area contributed by atoms with Gasteiger partial charge in [0.2, 0.25) is 5.91 Å².